The molecule has 7 heteroatoms. The fourth-order valence-corrected chi connectivity index (χ4v) is 3.30. The number of benzene rings is 1. The van der Waals surface area contributed by atoms with E-state index < -0.39 is 0 Å². The lowest BCUT2D eigenvalue weighted by atomic mass is 10.2. The molecule has 0 aliphatic carbocycles. The Morgan fingerprint density at radius 3 is 2.65 bits per heavy atom. The van der Waals surface area contributed by atoms with Crippen molar-refractivity contribution in [2.45, 2.75) is 6.54 Å². The van der Waals surface area contributed by atoms with Crippen LogP contribution < -0.4 is 0 Å². The number of hydrogen-bond acceptors (Lipinski definition) is 3. The van der Waals surface area contributed by atoms with E-state index in [2.05, 4.69) is 25.9 Å². The minimum Gasteiger partial charge on any atom is -0.335 e. The summed E-state index contributed by atoms with van der Waals surface area (Å²) in [6, 6.07) is 6.65. The van der Waals surface area contributed by atoms with Crippen LogP contribution in [0.15, 0.2) is 34.9 Å². The second-order valence-corrected chi connectivity index (χ2v) is 6.55. The molecular weight excluding hydrogens is 363 g/mol. The van der Waals surface area contributed by atoms with Gasteiger partial charge in [-0.15, -0.1) is 0 Å². The zero-order valence-corrected chi connectivity index (χ0v) is 14.5. The fourth-order valence-electron chi connectivity index (χ4n) is 2.76. The number of nitrogens with zero attached hydrogens (tertiary/aromatic N) is 4. The first kappa shape index (κ1) is 16.1. The molecule has 2 aromatic rings. The number of piperazine rings is 1. The highest BCUT2D eigenvalue weighted by Gasteiger charge is 2.25. The monoisotopic (exact) mass is 380 g/mol. The molecule has 3 rings (SSSR count). The fraction of sp³-hybridized carbons (Fsp3) is 0.375. The smallest absolute Gasteiger partial charge is 0.275 e. The van der Waals surface area contributed by atoms with Crippen molar-refractivity contribution in [1.29, 1.82) is 0 Å². The topological polar surface area (TPSA) is 41.4 Å². The van der Waals surface area contributed by atoms with Crippen LogP contribution in [0.1, 0.15) is 16.1 Å². The Morgan fingerprint density at radius 1 is 1.30 bits per heavy atom. The van der Waals surface area contributed by atoms with Gasteiger partial charge in [0.2, 0.25) is 0 Å². The van der Waals surface area contributed by atoms with Gasteiger partial charge in [0.15, 0.2) is 5.69 Å². The molecule has 0 bridgehead atoms. The van der Waals surface area contributed by atoms with Gasteiger partial charge in [-0.1, -0.05) is 12.1 Å². The molecule has 0 radical (unpaired) electrons. The highest BCUT2D eigenvalue weighted by atomic mass is 79.9. The third-order valence-corrected chi connectivity index (χ3v) is 4.52. The van der Waals surface area contributed by atoms with Crippen LogP contribution in [0.2, 0.25) is 0 Å². The highest BCUT2D eigenvalue weighted by Crippen LogP contribution is 2.18. The van der Waals surface area contributed by atoms with Crippen LogP contribution in [0, 0.1) is 5.82 Å². The van der Waals surface area contributed by atoms with E-state index in [0.29, 0.717) is 29.8 Å². The second-order valence-electron chi connectivity index (χ2n) is 5.70. The van der Waals surface area contributed by atoms with Crippen molar-refractivity contribution in [2.75, 3.05) is 26.2 Å². The van der Waals surface area contributed by atoms with Crippen LogP contribution in [0.25, 0.3) is 0 Å². The lowest BCUT2D eigenvalue weighted by Gasteiger charge is -2.34. The lowest BCUT2D eigenvalue weighted by Crippen LogP contribution is -2.48. The maximum atomic E-state index is 13.2. The van der Waals surface area contributed by atoms with Crippen LogP contribution in [-0.2, 0) is 13.6 Å². The molecule has 0 saturated carbocycles. The molecule has 1 fully saturated rings. The van der Waals surface area contributed by atoms with E-state index in [4.69, 9.17) is 0 Å². The summed E-state index contributed by atoms with van der Waals surface area (Å²) in [6.07, 6.45) is 1.77. The summed E-state index contributed by atoms with van der Waals surface area (Å²) in [5.74, 6) is -0.265. The SMILES string of the molecule is Cn1cc(Br)c(C(=O)N2CCN(Cc3cccc(F)c3)CC2)n1. The van der Waals surface area contributed by atoms with E-state index in [-0.39, 0.29) is 11.7 Å². The molecule has 0 N–H and O–H groups in total. The normalized spacial score (nSPS) is 15.9. The predicted octanol–water partition coefficient (Wildman–Crippen LogP) is 2.28. The van der Waals surface area contributed by atoms with Crippen LogP contribution >= 0.6 is 15.9 Å². The van der Waals surface area contributed by atoms with Crippen LogP contribution in [0.4, 0.5) is 4.39 Å². The Morgan fingerprint density at radius 2 is 2.04 bits per heavy atom. The van der Waals surface area contributed by atoms with Crippen molar-refractivity contribution < 1.29 is 9.18 Å². The van der Waals surface area contributed by atoms with Gasteiger partial charge in [-0.2, -0.15) is 5.10 Å². The van der Waals surface area contributed by atoms with Gasteiger partial charge in [0.1, 0.15) is 5.82 Å². The van der Waals surface area contributed by atoms with E-state index in [1.807, 2.05) is 11.0 Å². The Hall–Kier alpha value is -1.73. The Kier molecular flexibility index (Phi) is 4.77. The number of aryl methyl sites for hydroxylation is 1. The van der Waals surface area contributed by atoms with E-state index in [1.54, 1.807) is 30.1 Å². The second kappa shape index (κ2) is 6.80. The van der Waals surface area contributed by atoms with Gasteiger partial charge in [-0.3, -0.25) is 14.4 Å². The molecule has 0 unspecified atom stereocenters. The molecule has 1 aliphatic rings. The number of amides is 1. The summed E-state index contributed by atoms with van der Waals surface area (Å²) in [4.78, 5) is 16.5. The maximum Gasteiger partial charge on any atom is 0.275 e. The summed E-state index contributed by atoms with van der Waals surface area (Å²) in [5, 5.41) is 4.21. The standard InChI is InChI=1S/C16H18BrFN4O/c1-20-11-14(17)15(19-20)16(23)22-7-5-21(6-8-22)10-12-3-2-4-13(18)9-12/h2-4,9,11H,5-8,10H2,1H3. The Labute approximate surface area is 142 Å². The van der Waals surface area contributed by atoms with Crippen molar-refractivity contribution in [3.63, 3.8) is 0 Å². The molecule has 0 atom stereocenters. The van der Waals surface area contributed by atoms with E-state index in [0.717, 1.165) is 18.7 Å². The molecule has 0 spiro atoms. The molecule has 122 valence electrons. The third kappa shape index (κ3) is 3.79. The third-order valence-electron chi connectivity index (χ3n) is 3.94. The summed E-state index contributed by atoms with van der Waals surface area (Å²) in [5.41, 5.74) is 1.41. The summed E-state index contributed by atoms with van der Waals surface area (Å²) in [7, 11) is 1.79. The van der Waals surface area contributed by atoms with Crippen molar-refractivity contribution in [3.05, 3.63) is 52.0 Å². The van der Waals surface area contributed by atoms with E-state index >= 15 is 0 Å². The first-order valence-electron chi connectivity index (χ1n) is 7.48. The van der Waals surface area contributed by atoms with Crippen molar-refractivity contribution >= 4 is 21.8 Å². The Bertz CT molecular complexity index is 710. The number of carbonyl (C=O) groups is 1. The number of carbonyl (C=O) groups excluding carboxylic acids is 1. The maximum absolute atomic E-state index is 13.2. The molecule has 1 aliphatic heterocycles. The average Bonchev–Trinajstić information content (AvgIpc) is 2.86. The van der Waals surface area contributed by atoms with Crippen LogP contribution in [0.5, 0.6) is 0 Å². The molecule has 1 amide bonds. The summed E-state index contributed by atoms with van der Waals surface area (Å²) < 4.78 is 15.6. The van der Waals surface area contributed by atoms with Gasteiger partial charge in [-0.25, -0.2) is 4.39 Å². The minimum absolute atomic E-state index is 0.0529. The Balaban J connectivity index is 1.58. The first-order chi connectivity index (χ1) is 11.0. The van der Waals surface area contributed by atoms with Gasteiger partial charge in [-0.05, 0) is 33.6 Å². The number of halogens is 2. The lowest BCUT2D eigenvalue weighted by molar-refractivity contribution is 0.0621. The molecule has 1 aromatic heterocycles. The number of hydrogen-bond donors (Lipinski definition) is 0. The van der Waals surface area contributed by atoms with Gasteiger partial charge < -0.3 is 4.90 Å². The first-order valence-corrected chi connectivity index (χ1v) is 8.27. The predicted molar refractivity (Wildman–Crippen MR) is 88.5 cm³/mol. The van der Waals surface area contributed by atoms with Gasteiger partial charge >= 0.3 is 0 Å². The minimum atomic E-state index is -0.212. The van der Waals surface area contributed by atoms with Crippen molar-refractivity contribution in [1.82, 2.24) is 19.6 Å². The quantitative estimate of drug-likeness (QED) is 0.819. The average molecular weight is 381 g/mol. The van der Waals surface area contributed by atoms with E-state index in [9.17, 15) is 9.18 Å². The van der Waals surface area contributed by atoms with Crippen molar-refractivity contribution in [3.8, 4) is 0 Å². The molecule has 1 saturated heterocycles. The zero-order valence-electron chi connectivity index (χ0n) is 12.9. The summed E-state index contributed by atoms with van der Waals surface area (Å²) >= 11 is 3.37. The molecular formula is C16H18BrFN4O. The number of aromatic nitrogens is 2. The van der Waals surface area contributed by atoms with Gasteiger partial charge in [0.05, 0.1) is 4.47 Å². The van der Waals surface area contributed by atoms with Gasteiger partial charge in [0, 0.05) is 46.0 Å². The summed E-state index contributed by atoms with van der Waals surface area (Å²) in [6.45, 7) is 3.54. The van der Waals surface area contributed by atoms with Crippen LogP contribution in [-0.4, -0.2) is 51.7 Å². The molecule has 2 heterocycles. The molecule has 23 heavy (non-hydrogen) atoms. The zero-order chi connectivity index (χ0) is 16.4. The van der Waals surface area contributed by atoms with Gasteiger partial charge in [0.25, 0.3) is 5.91 Å². The highest BCUT2D eigenvalue weighted by molar-refractivity contribution is 9.10. The molecule has 5 nitrogen and oxygen atoms in total. The van der Waals surface area contributed by atoms with E-state index in [1.165, 1.54) is 6.07 Å². The largest absolute Gasteiger partial charge is 0.335 e. The van der Waals surface area contributed by atoms with Crippen molar-refractivity contribution in [2.24, 2.45) is 7.05 Å². The number of rotatable bonds is 3. The molecule has 1 aromatic carbocycles. The van der Waals surface area contributed by atoms with Crippen LogP contribution in [0.3, 0.4) is 0 Å².